The predicted octanol–water partition coefficient (Wildman–Crippen LogP) is 3.24. The van der Waals surface area contributed by atoms with Crippen molar-refractivity contribution < 1.29 is 9.90 Å². The highest BCUT2D eigenvalue weighted by Crippen LogP contribution is 2.20. The first-order valence-electron chi connectivity index (χ1n) is 6.60. The molecule has 6 heteroatoms. The van der Waals surface area contributed by atoms with Crippen molar-refractivity contribution in [3.05, 3.63) is 39.1 Å². The molecule has 0 fully saturated rings. The molecule has 5 nitrogen and oxygen atoms in total. The van der Waals surface area contributed by atoms with Gasteiger partial charge >= 0.3 is 5.97 Å². The van der Waals surface area contributed by atoms with Gasteiger partial charge in [0.1, 0.15) is 5.01 Å². The molecule has 0 aliphatic rings. The van der Waals surface area contributed by atoms with Gasteiger partial charge in [-0.2, -0.15) is 5.10 Å². The second-order valence-electron chi connectivity index (χ2n) is 4.51. The number of nitrogens with zero attached hydrogens (tertiary/aromatic N) is 3. The quantitative estimate of drug-likeness (QED) is 0.861. The molecule has 2 heterocycles. The first-order chi connectivity index (χ1) is 10.0. The van der Waals surface area contributed by atoms with E-state index in [1.807, 2.05) is 30.7 Å². The summed E-state index contributed by atoms with van der Waals surface area (Å²) in [5, 5.41) is 13.9. The van der Waals surface area contributed by atoms with Crippen LogP contribution >= 0.6 is 11.3 Å². The molecule has 0 bridgehead atoms. The molecule has 0 amide bonds. The van der Waals surface area contributed by atoms with Gasteiger partial charge in [-0.15, -0.1) is 11.3 Å². The summed E-state index contributed by atoms with van der Waals surface area (Å²) in [7, 11) is 0. The highest BCUT2D eigenvalue weighted by molar-refractivity contribution is 7.13. The molecular formula is C15H17N3O2S. The van der Waals surface area contributed by atoms with E-state index in [0.29, 0.717) is 0 Å². The number of hydrogen-bond donors (Lipinski definition) is 1. The molecular weight excluding hydrogens is 286 g/mol. The Morgan fingerprint density at radius 3 is 2.76 bits per heavy atom. The van der Waals surface area contributed by atoms with Crippen LogP contribution in [0.3, 0.4) is 0 Å². The topological polar surface area (TPSA) is 68.0 Å². The van der Waals surface area contributed by atoms with Gasteiger partial charge in [0, 0.05) is 35.0 Å². The van der Waals surface area contributed by atoms with Crippen molar-refractivity contribution in [3.8, 4) is 0 Å². The SMILES string of the molecule is CCn1nc(C)c(/C=C/c2ncc(/C=C/C(=O)O)s2)c1C. The number of aromatic nitrogens is 3. The third kappa shape index (κ3) is 3.66. The summed E-state index contributed by atoms with van der Waals surface area (Å²) < 4.78 is 1.97. The zero-order valence-electron chi connectivity index (χ0n) is 12.2. The second-order valence-corrected chi connectivity index (χ2v) is 5.60. The van der Waals surface area contributed by atoms with Gasteiger partial charge in [-0.3, -0.25) is 4.68 Å². The molecule has 0 aromatic carbocycles. The van der Waals surface area contributed by atoms with E-state index in [1.165, 1.54) is 11.3 Å². The van der Waals surface area contributed by atoms with E-state index in [0.717, 1.165) is 39.5 Å². The van der Waals surface area contributed by atoms with Gasteiger partial charge in [-0.1, -0.05) is 0 Å². The standard InChI is InChI=1S/C15H17N3O2S/c1-4-18-11(3)13(10(2)17-18)6-7-14-16-9-12(21-14)5-8-15(19)20/h5-9H,4H2,1-3H3,(H,19,20)/b7-6+,8-5+. The number of hydrogen-bond acceptors (Lipinski definition) is 4. The van der Waals surface area contributed by atoms with E-state index in [4.69, 9.17) is 5.11 Å². The molecule has 0 radical (unpaired) electrons. The minimum Gasteiger partial charge on any atom is -0.478 e. The Morgan fingerprint density at radius 1 is 1.38 bits per heavy atom. The summed E-state index contributed by atoms with van der Waals surface area (Å²) in [4.78, 5) is 15.5. The van der Waals surface area contributed by atoms with E-state index in [-0.39, 0.29) is 0 Å². The molecule has 0 aliphatic carbocycles. The number of aliphatic carboxylic acids is 1. The summed E-state index contributed by atoms with van der Waals surface area (Å²) >= 11 is 1.44. The zero-order valence-corrected chi connectivity index (χ0v) is 13.0. The van der Waals surface area contributed by atoms with Gasteiger partial charge in [0.05, 0.1) is 5.69 Å². The van der Waals surface area contributed by atoms with Crippen LogP contribution in [0.25, 0.3) is 18.2 Å². The molecule has 0 aliphatic heterocycles. The second kappa shape index (κ2) is 6.49. The van der Waals surface area contributed by atoms with Gasteiger partial charge in [-0.25, -0.2) is 9.78 Å². The van der Waals surface area contributed by atoms with E-state index in [9.17, 15) is 4.79 Å². The van der Waals surface area contributed by atoms with Crippen LogP contribution in [-0.4, -0.2) is 25.8 Å². The molecule has 0 spiro atoms. The van der Waals surface area contributed by atoms with E-state index >= 15 is 0 Å². The summed E-state index contributed by atoms with van der Waals surface area (Å²) in [5.41, 5.74) is 3.23. The summed E-state index contributed by atoms with van der Waals surface area (Å²) in [6.45, 7) is 6.95. The van der Waals surface area contributed by atoms with Crippen LogP contribution in [0.2, 0.25) is 0 Å². The third-order valence-electron chi connectivity index (χ3n) is 3.06. The number of carbonyl (C=O) groups is 1. The molecule has 0 saturated heterocycles. The van der Waals surface area contributed by atoms with E-state index in [2.05, 4.69) is 17.0 Å². The van der Waals surface area contributed by atoms with Crippen LogP contribution in [0.5, 0.6) is 0 Å². The Labute approximate surface area is 127 Å². The van der Waals surface area contributed by atoms with Crippen molar-refractivity contribution in [1.82, 2.24) is 14.8 Å². The van der Waals surface area contributed by atoms with Crippen molar-refractivity contribution in [2.45, 2.75) is 27.3 Å². The fraction of sp³-hybridized carbons (Fsp3) is 0.267. The molecule has 0 saturated carbocycles. The minimum atomic E-state index is -0.960. The largest absolute Gasteiger partial charge is 0.478 e. The molecule has 2 aromatic heterocycles. The van der Waals surface area contributed by atoms with Crippen molar-refractivity contribution in [2.24, 2.45) is 0 Å². The van der Waals surface area contributed by atoms with Crippen LogP contribution in [0.1, 0.15) is 33.8 Å². The lowest BCUT2D eigenvalue weighted by Crippen LogP contribution is -1.98. The van der Waals surface area contributed by atoms with Crippen molar-refractivity contribution in [3.63, 3.8) is 0 Å². The fourth-order valence-corrected chi connectivity index (χ4v) is 2.75. The van der Waals surface area contributed by atoms with Gasteiger partial charge in [0.2, 0.25) is 0 Å². The number of aryl methyl sites for hydroxylation is 2. The molecule has 0 atom stereocenters. The summed E-state index contributed by atoms with van der Waals surface area (Å²) in [5.74, 6) is -0.960. The Morgan fingerprint density at radius 2 is 2.14 bits per heavy atom. The lowest BCUT2D eigenvalue weighted by molar-refractivity contribution is -0.131. The van der Waals surface area contributed by atoms with Gasteiger partial charge in [0.15, 0.2) is 0 Å². The monoisotopic (exact) mass is 303 g/mol. The first-order valence-corrected chi connectivity index (χ1v) is 7.41. The fourth-order valence-electron chi connectivity index (χ4n) is 2.02. The van der Waals surface area contributed by atoms with Crippen LogP contribution < -0.4 is 0 Å². The van der Waals surface area contributed by atoms with Crippen LogP contribution in [0, 0.1) is 13.8 Å². The van der Waals surface area contributed by atoms with Crippen LogP contribution in [0.15, 0.2) is 12.3 Å². The van der Waals surface area contributed by atoms with Crippen LogP contribution in [-0.2, 0) is 11.3 Å². The van der Waals surface area contributed by atoms with E-state index in [1.54, 1.807) is 12.3 Å². The van der Waals surface area contributed by atoms with E-state index < -0.39 is 5.97 Å². The number of rotatable bonds is 5. The van der Waals surface area contributed by atoms with Gasteiger partial charge in [-0.05, 0) is 39.0 Å². The predicted molar refractivity (Wildman–Crippen MR) is 85.1 cm³/mol. The average Bonchev–Trinajstić information content (AvgIpc) is 3.00. The first kappa shape index (κ1) is 15.2. The maximum Gasteiger partial charge on any atom is 0.328 e. The Kier molecular flexibility index (Phi) is 4.70. The number of carboxylic acid groups (broad SMARTS) is 1. The molecule has 2 rings (SSSR count). The Balaban J connectivity index is 2.18. The maximum atomic E-state index is 10.5. The van der Waals surface area contributed by atoms with Crippen LogP contribution in [0.4, 0.5) is 0 Å². The van der Waals surface area contributed by atoms with Crippen molar-refractivity contribution >= 4 is 35.5 Å². The van der Waals surface area contributed by atoms with Crippen molar-refractivity contribution in [1.29, 1.82) is 0 Å². The lowest BCUT2D eigenvalue weighted by atomic mass is 10.2. The average molecular weight is 303 g/mol. The minimum absolute atomic E-state index is 0.815. The van der Waals surface area contributed by atoms with Gasteiger partial charge in [0.25, 0.3) is 0 Å². The normalized spacial score (nSPS) is 11.8. The third-order valence-corrected chi connectivity index (χ3v) is 3.99. The van der Waals surface area contributed by atoms with Gasteiger partial charge < -0.3 is 5.11 Å². The summed E-state index contributed by atoms with van der Waals surface area (Å²) in [6.07, 6.45) is 8.26. The summed E-state index contributed by atoms with van der Waals surface area (Å²) in [6, 6.07) is 0. The molecule has 21 heavy (non-hydrogen) atoms. The number of thiazole rings is 1. The molecule has 0 unspecified atom stereocenters. The van der Waals surface area contributed by atoms with Crippen molar-refractivity contribution in [2.75, 3.05) is 0 Å². The Hall–Kier alpha value is -2.21. The zero-order chi connectivity index (χ0) is 15.4. The molecule has 1 N–H and O–H groups in total. The molecule has 2 aromatic rings. The highest BCUT2D eigenvalue weighted by atomic mass is 32.1. The molecule has 110 valence electrons. The maximum absolute atomic E-state index is 10.5. The highest BCUT2D eigenvalue weighted by Gasteiger charge is 2.07. The smallest absolute Gasteiger partial charge is 0.328 e. The lowest BCUT2D eigenvalue weighted by Gasteiger charge is -1.98. The Bertz CT molecular complexity index is 711. The number of carboxylic acids is 1.